The molecule has 0 atom stereocenters. The van der Waals surface area contributed by atoms with Crippen molar-refractivity contribution >= 4 is 28.6 Å². The van der Waals surface area contributed by atoms with Crippen molar-refractivity contribution in [3.8, 4) is 5.69 Å². The number of hydrogen-bond acceptors (Lipinski definition) is 4. The number of benzene rings is 2. The molecule has 2 saturated carbocycles. The zero-order chi connectivity index (χ0) is 20.7. The highest BCUT2D eigenvalue weighted by Crippen LogP contribution is 2.44. The van der Waals surface area contributed by atoms with Gasteiger partial charge in [0.2, 0.25) is 5.91 Å². The number of para-hydroxylation sites is 1. The van der Waals surface area contributed by atoms with Gasteiger partial charge in [0.15, 0.2) is 5.16 Å². The molecule has 1 amide bonds. The van der Waals surface area contributed by atoms with Crippen LogP contribution in [0.15, 0.2) is 58.5 Å². The predicted octanol–water partition coefficient (Wildman–Crippen LogP) is 3.92. The van der Waals surface area contributed by atoms with Crippen molar-refractivity contribution in [3.63, 3.8) is 0 Å². The fraction of sp³-hybridized carbons (Fsp3) is 0.348. The number of amides is 1. The average Bonchev–Trinajstić information content (AvgIpc) is 3.65. The molecule has 30 heavy (non-hydrogen) atoms. The number of thioether (sulfide) groups is 1. The highest BCUT2D eigenvalue weighted by molar-refractivity contribution is 7.99. The molecule has 0 radical (unpaired) electrons. The fourth-order valence-electron chi connectivity index (χ4n) is 3.92. The Labute approximate surface area is 177 Å². The molecule has 0 saturated heterocycles. The second-order valence-corrected chi connectivity index (χ2v) is 9.03. The molecule has 5 nitrogen and oxygen atoms in total. The third kappa shape index (κ3) is 3.99. The van der Waals surface area contributed by atoms with Gasteiger partial charge in [0.1, 0.15) is 5.82 Å². The highest BCUT2D eigenvalue weighted by Gasteiger charge is 2.42. The molecular formula is C23H22FN3O2S. The Morgan fingerprint density at radius 3 is 2.43 bits per heavy atom. The van der Waals surface area contributed by atoms with E-state index in [4.69, 9.17) is 0 Å². The Hall–Kier alpha value is -2.67. The van der Waals surface area contributed by atoms with Crippen LogP contribution in [-0.4, -0.2) is 27.3 Å². The molecule has 2 aromatic carbocycles. The number of carbonyl (C=O) groups is 1. The SMILES string of the molecule is O=C(CSc1nc2ccccc2c(=O)n1-c1ccc(F)cc1)NC(C1CC1)C1CC1. The van der Waals surface area contributed by atoms with Gasteiger partial charge in [0.25, 0.3) is 5.56 Å². The number of nitrogens with zero attached hydrogens (tertiary/aromatic N) is 2. The Morgan fingerprint density at radius 2 is 1.77 bits per heavy atom. The minimum absolute atomic E-state index is 0.0307. The molecule has 5 rings (SSSR count). The van der Waals surface area contributed by atoms with Gasteiger partial charge >= 0.3 is 0 Å². The first-order valence-electron chi connectivity index (χ1n) is 10.3. The van der Waals surface area contributed by atoms with Crippen LogP contribution in [0, 0.1) is 17.7 Å². The number of carbonyl (C=O) groups excluding carboxylic acids is 1. The summed E-state index contributed by atoms with van der Waals surface area (Å²) in [5.41, 5.74) is 0.873. The standard InChI is InChI=1S/C23H22FN3O2S/c24-16-9-11-17(12-10-16)27-22(29)18-3-1-2-4-19(18)25-23(27)30-13-20(28)26-21(14-5-6-14)15-7-8-15/h1-4,9-12,14-15,21H,5-8,13H2,(H,26,28). The first-order valence-corrected chi connectivity index (χ1v) is 11.3. The monoisotopic (exact) mass is 423 g/mol. The smallest absolute Gasteiger partial charge is 0.266 e. The topological polar surface area (TPSA) is 64.0 Å². The van der Waals surface area contributed by atoms with E-state index in [1.165, 1.54) is 54.1 Å². The van der Waals surface area contributed by atoms with E-state index in [0.29, 0.717) is 39.6 Å². The summed E-state index contributed by atoms with van der Waals surface area (Å²) in [7, 11) is 0. The van der Waals surface area contributed by atoms with Gasteiger partial charge in [-0.15, -0.1) is 0 Å². The van der Waals surface area contributed by atoms with Gasteiger partial charge in [-0.3, -0.25) is 14.2 Å². The van der Waals surface area contributed by atoms with Crippen molar-refractivity contribution in [2.45, 2.75) is 36.9 Å². The molecule has 0 spiro atoms. The Bertz CT molecular complexity index is 1140. The maximum absolute atomic E-state index is 13.4. The second-order valence-electron chi connectivity index (χ2n) is 8.09. The van der Waals surface area contributed by atoms with Crippen molar-refractivity contribution in [1.82, 2.24) is 14.9 Å². The molecule has 7 heteroatoms. The maximum Gasteiger partial charge on any atom is 0.266 e. The summed E-state index contributed by atoms with van der Waals surface area (Å²) in [6, 6.07) is 13.1. The third-order valence-electron chi connectivity index (χ3n) is 5.75. The van der Waals surface area contributed by atoms with Crippen LogP contribution in [0.3, 0.4) is 0 Å². The molecule has 1 heterocycles. The largest absolute Gasteiger partial charge is 0.352 e. The van der Waals surface area contributed by atoms with Crippen LogP contribution in [-0.2, 0) is 4.79 Å². The lowest BCUT2D eigenvalue weighted by Crippen LogP contribution is -2.39. The zero-order valence-corrected chi connectivity index (χ0v) is 17.2. The van der Waals surface area contributed by atoms with Gasteiger partial charge in [-0.05, 0) is 73.9 Å². The first-order chi connectivity index (χ1) is 14.6. The van der Waals surface area contributed by atoms with Crippen molar-refractivity contribution in [1.29, 1.82) is 0 Å². The van der Waals surface area contributed by atoms with E-state index in [0.717, 1.165) is 0 Å². The molecule has 2 aliphatic carbocycles. The predicted molar refractivity (Wildman–Crippen MR) is 115 cm³/mol. The lowest BCUT2D eigenvalue weighted by molar-refractivity contribution is -0.119. The maximum atomic E-state index is 13.4. The van der Waals surface area contributed by atoms with Crippen molar-refractivity contribution in [3.05, 3.63) is 64.7 Å². The molecule has 0 bridgehead atoms. The van der Waals surface area contributed by atoms with Crippen molar-refractivity contribution in [2.24, 2.45) is 11.8 Å². The molecule has 2 fully saturated rings. The van der Waals surface area contributed by atoms with Crippen LogP contribution in [0.2, 0.25) is 0 Å². The van der Waals surface area contributed by atoms with Crippen molar-refractivity contribution < 1.29 is 9.18 Å². The number of halogens is 1. The number of aromatic nitrogens is 2. The van der Waals surface area contributed by atoms with Gasteiger partial charge in [-0.2, -0.15) is 0 Å². The quantitative estimate of drug-likeness (QED) is 0.462. The van der Waals surface area contributed by atoms with Crippen LogP contribution in [0.4, 0.5) is 4.39 Å². The first kappa shape index (κ1) is 19.3. The lowest BCUT2D eigenvalue weighted by atomic mass is 10.1. The highest BCUT2D eigenvalue weighted by atomic mass is 32.2. The van der Waals surface area contributed by atoms with Gasteiger partial charge in [0, 0.05) is 6.04 Å². The van der Waals surface area contributed by atoms with E-state index in [2.05, 4.69) is 10.3 Å². The molecule has 2 aliphatic rings. The van der Waals surface area contributed by atoms with Gasteiger partial charge in [-0.25, -0.2) is 9.37 Å². The summed E-state index contributed by atoms with van der Waals surface area (Å²) in [5, 5.41) is 4.12. The molecule has 1 N–H and O–H groups in total. The molecule has 3 aromatic rings. The van der Waals surface area contributed by atoms with E-state index in [1.807, 2.05) is 6.07 Å². The van der Waals surface area contributed by atoms with Crippen LogP contribution < -0.4 is 10.9 Å². The summed E-state index contributed by atoms with van der Waals surface area (Å²) in [4.78, 5) is 30.4. The van der Waals surface area contributed by atoms with Crippen molar-refractivity contribution in [2.75, 3.05) is 5.75 Å². The lowest BCUT2D eigenvalue weighted by Gasteiger charge is -2.18. The average molecular weight is 424 g/mol. The Balaban J connectivity index is 1.43. The minimum atomic E-state index is -0.375. The number of rotatable bonds is 7. The van der Waals surface area contributed by atoms with Crippen LogP contribution in [0.5, 0.6) is 0 Å². The summed E-state index contributed by atoms with van der Waals surface area (Å²) < 4.78 is 14.9. The summed E-state index contributed by atoms with van der Waals surface area (Å²) >= 11 is 1.24. The third-order valence-corrected chi connectivity index (χ3v) is 6.69. The Kier molecular flexibility index (Phi) is 5.06. The molecule has 154 valence electrons. The van der Waals surface area contributed by atoms with E-state index >= 15 is 0 Å². The van der Waals surface area contributed by atoms with Crippen LogP contribution in [0.25, 0.3) is 16.6 Å². The van der Waals surface area contributed by atoms with Crippen LogP contribution >= 0.6 is 11.8 Å². The number of fused-ring (bicyclic) bond motifs is 1. The minimum Gasteiger partial charge on any atom is -0.352 e. The normalized spacial score (nSPS) is 16.2. The van der Waals surface area contributed by atoms with E-state index in [1.54, 1.807) is 30.3 Å². The van der Waals surface area contributed by atoms with E-state index in [9.17, 15) is 14.0 Å². The van der Waals surface area contributed by atoms with Gasteiger partial charge in [0.05, 0.1) is 22.3 Å². The zero-order valence-electron chi connectivity index (χ0n) is 16.4. The summed E-state index contributed by atoms with van der Waals surface area (Å²) in [6.07, 6.45) is 4.80. The van der Waals surface area contributed by atoms with Crippen LogP contribution in [0.1, 0.15) is 25.7 Å². The fourth-order valence-corrected chi connectivity index (χ4v) is 4.74. The van der Waals surface area contributed by atoms with Gasteiger partial charge < -0.3 is 5.32 Å². The van der Waals surface area contributed by atoms with Gasteiger partial charge in [-0.1, -0.05) is 23.9 Å². The second kappa shape index (κ2) is 7.87. The molecule has 1 aromatic heterocycles. The molecule has 0 unspecified atom stereocenters. The molecule has 0 aliphatic heterocycles. The molecular weight excluding hydrogens is 401 g/mol. The van der Waals surface area contributed by atoms with E-state index in [-0.39, 0.29) is 23.0 Å². The number of nitrogens with one attached hydrogen (secondary N) is 1. The Morgan fingerprint density at radius 1 is 1.10 bits per heavy atom. The summed E-state index contributed by atoms with van der Waals surface area (Å²) in [5.74, 6) is 1.03. The number of hydrogen-bond donors (Lipinski definition) is 1. The van der Waals surface area contributed by atoms with E-state index < -0.39 is 0 Å². The summed E-state index contributed by atoms with van der Waals surface area (Å²) in [6.45, 7) is 0.